The van der Waals surface area contributed by atoms with E-state index in [1.54, 1.807) is 81.7 Å². The van der Waals surface area contributed by atoms with Crippen molar-refractivity contribution in [2.24, 2.45) is 0 Å². The van der Waals surface area contributed by atoms with E-state index in [0.717, 1.165) is 32.5 Å². The van der Waals surface area contributed by atoms with Crippen molar-refractivity contribution in [1.29, 1.82) is 0 Å². The van der Waals surface area contributed by atoms with Gasteiger partial charge in [0.15, 0.2) is 0 Å². The van der Waals surface area contributed by atoms with Crippen molar-refractivity contribution in [2.75, 3.05) is 38.7 Å². The minimum Gasteiger partial charge on any atom is -0.494 e. The number of aromatic nitrogens is 2. The zero-order valence-electron chi connectivity index (χ0n) is 35.8. The molecule has 5 aromatic rings. The fraction of sp³-hybridized carbons (Fsp3) is 0.348. The summed E-state index contributed by atoms with van der Waals surface area (Å²) in [6.07, 6.45) is 4.89. The second-order valence-electron chi connectivity index (χ2n) is 16.1. The van der Waals surface area contributed by atoms with Crippen molar-refractivity contribution in [1.82, 2.24) is 18.6 Å². The summed E-state index contributed by atoms with van der Waals surface area (Å²) in [5, 5.41) is 6.38. The first-order chi connectivity index (χ1) is 29.0. The van der Waals surface area contributed by atoms with Gasteiger partial charge in [0.25, 0.3) is 21.5 Å². The quantitative estimate of drug-likeness (QED) is 0.0740. The lowest BCUT2D eigenvalue weighted by Gasteiger charge is -2.30. The Bertz CT molecular complexity index is 2440. The fourth-order valence-electron chi connectivity index (χ4n) is 6.36. The zero-order chi connectivity index (χ0) is 44.2. The average molecular weight is 870 g/mol. The lowest BCUT2D eigenvalue weighted by Crippen LogP contribution is -2.46. The number of benzene rings is 3. The Morgan fingerprint density at radius 1 is 0.738 bits per heavy atom. The van der Waals surface area contributed by atoms with E-state index in [2.05, 4.69) is 20.4 Å². The van der Waals surface area contributed by atoms with Crippen LogP contribution in [0.15, 0.2) is 120 Å². The summed E-state index contributed by atoms with van der Waals surface area (Å²) in [4.78, 5) is 42.5. The number of nitrogens with one attached hydrogen (secondary N) is 2. The number of amides is 1. The maximum atomic E-state index is 13.3. The fourth-order valence-corrected chi connectivity index (χ4v) is 9.55. The molecule has 1 aliphatic heterocycles. The number of rotatable bonds is 16. The van der Waals surface area contributed by atoms with Gasteiger partial charge in [-0.15, -0.1) is 0 Å². The molecule has 0 saturated heterocycles. The van der Waals surface area contributed by atoms with E-state index in [9.17, 15) is 22.8 Å². The number of nitrogens with zero attached hydrogens (tertiary/aromatic N) is 3. The van der Waals surface area contributed by atoms with Crippen LogP contribution in [0.1, 0.15) is 65.5 Å². The van der Waals surface area contributed by atoms with Gasteiger partial charge in [0.1, 0.15) is 27.8 Å². The molecule has 0 radical (unpaired) electrons. The molecule has 1 aliphatic rings. The van der Waals surface area contributed by atoms with Gasteiger partial charge in [-0.1, -0.05) is 84.3 Å². The van der Waals surface area contributed by atoms with Crippen LogP contribution in [0.25, 0.3) is 15.3 Å². The van der Waals surface area contributed by atoms with E-state index in [4.69, 9.17) is 9.47 Å². The second kappa shape index (κ2) is 20.6. The molecule has 3 aromatic carbocycles. The summed E-state index contributed by atoms with van der Waals surface area (Å²) in [6.45, 7) is 13.1. The number of hydrogen-bond donors (Lipinski definition) is 2. The SMILES string of the molecule is CC(C)(C)n1sc(-c2ccccc2)c(NCCCOc2ccncc2)c1=O.COC(=O)Cc1cccc(OCCCNC2=C(c3ccccc3)S(=O)(=O)N(C(C)(C)C)C2=O)c1. The number of sulfonamides is 1. The molecule has 0 aliphatic carbocycles. The first kappa shape index (κ1) is 46.1. The van der Waals surface area contributed by atoms with Gasteiger partial charge >= 0.3 is 5.97 Å². The van der Waals surface area contributed by atoms with Gasteiger partial charge in [-0.25, -0.2) is 12.7 Å². The molecule has 6 rings (SSSR count). The van der Waals surface area contributed by atoms with Gasteiger partial charge in [0.05, 0.1) is 42.7 Å². The van der Waals surface area contributed by atoms with Crippen LogP contribution in [0.5, 0.6) is 11.5 Å². The monoisotopic (exact) mass is 869 g/mol. The van der Waals surface area contributed by atoms with Gasteiger partial charge in [-0.05, 0) is 95.3 Å². The van der Waals surface area contributed by atoms with Crippen LogP contribution in [-0.4, -0.2) is 72.5 Å². The summed E-state index contributed by atoms with van der Waals surface area (Å²) >= 11 is 1.51. The highest BCUT2D eigenvalue weighted by molar-refractivity contribution is 7.99. The Kier molecular flexibility index (Phi) is 15.5. The van der Waals surface area contributed by atoms with Crippen molar-refractivity contribution in [3.8, 4) is 21.9 Å². The molecule has 2 aromatic heterocycles. The summed E-state index contributed by atoms with van der Waals surface area (Å²) in [5.41, 5.74) is 1.91. The molecule has 0 bridgehead atoms. The predicted molar refractivity (Wildman–Crippen MR) is 241 cm³/mol. The van der Waals surface area contributed by atoms with E-state index in [-0.39, 0.29) is 34.1 Å². The van der Waals surface area contributed by atoms with E-state index in [1.165, 1.54) is 18.6 Å². The highest BCUT2D eigenvalue weighted by atomic mass is 32.2. The summed E-state index contributed by atoms with van der Waals surface area (Å²) in [6, 6.07) is 29.5. The summed E-state index contributed by atoms with van der Waals surface area (Å²) < 4.78 is 45.5. The second-order valence-corrected chi connectivity index (χ2v) is 18.8. The van der Waals surface area contributed by atoms with Crippen LogP contribution < -0.4 is 25.7 Å². The Labute approximate surface area is 362 Å². The molecule has 0 saturated carbocycles. The Hall–Kier alpha value is -5.93. The Morgan fingerprint density at radius 3 is 1.92 bits per heavy atom. The van der Waals surface area contributed by atoms with Crippen LogP contribution in [0.4, 0.5) is 5.69 Å². The van der Waals surface area contributed by atoms with Crippen LogP contribution >= 0.6 is 11.5 Å². The third-order valence-corrected chi connectivity index (χ3v) is 12.8. The van der Waals surface area contributed by atoms with E-state index in [0.29, 0.717) is 49.7 Å². The number of hydrogen-bond acceptors (Lipinski definition) is 12. The average Bonchev–Trinajstić information content (AvgIpc) is 3.67. The van der Waals surface area contributed by atoms with Gasteiger partial charge in [-0.2, -0.15) is 0 Å². The van der Waals surface area contributed by atoms with Crippen molar-refractivity contribution in [3.63, 3.8) is 0 Å². The van der Waals surface area contributed by atoms with Crippen LogP contribution in [-0.2, 0) is 36.3 Å². The van der Waals surface area contributed by atoms with E-state index >= 15 is 0 Å². The largest absolute Gasteiger partial charge is 0.494 e. The number of methoxy groups -OCH3 is 1. The minimum atomic E-state index is -4.01. The summed E-state index contributed by atoms with van der Waals surface area (Å²) in [7, 11) is -2.67. The lowest BCUT2D eigenvalue weighted by molar-refractivity contribution is -0.139. The Balaban J connectivity index is 0.000000237. The zero-order valence-corrected chi connectivity index (χ0v) is 37.4. The molecular formula is C46H55N5O8S2. The van der Waals surface area contributed by atoms with E-state index in [1.807, 2.05) is 73.3 Å². The third kappa shape index (κ3) is 12.1. The van der Waals surface area contributed by atoms with Gasteiger partial charge in [0, 0.05) is 25.5 Å². The molecule has 61 heavy (non-hydrogen) atoms. The van der Waals surface area contributed by atoms with Crippen LogP contribution in [0.2, 0.25) is 0 Å². The minimum absolute atomic E-state index is 0.00976. The molecule has 2 N–H and O–H groups in total. The predicted octanol–water partition coefficient (Wildman–Crippen LogP) is 7.71. The lowest BCUT2D eigenvalue weighted by atomic mass is 10.1. The molecule has 15 heteroatoms. The standard InChI is InChI=1S/C25H30N2O6S.C21H25N3O2S/c1-25(2,3)27-24(29)22(23(34(27,30)31)19-11-6-5-7-12-19)26-14-9-15-33-20-13-8-10-18(16-20)17-21(28)32-4;1-21(2,3)24-20(25)18(19(27-24)16-8-5-4-6-9-16)23-12-7-15-26-17-10-13-22-14-11-17/h5-8,10-13,16,26H,9,14-15,17H2,1-4H3;4-6,8-11,13-14,23H,7,12,15H2,1-3H3. The third-order valence-electron chi connectivity index (χ3n) is 9.13. The number of anilines is 1. The van der Waals surface area contributed by atoms with Crippen molar-refractivity contribution in [3.05, 3.63) is 137 Å². The number of carbonyl (C=O) groups is 2. The van der Waals surface area contributed by atoms with Crippen LogP contribution in [0, 0.1) is 0 Å². The molecular weight excluding hydrogens is 815 g/mol. The number of esters is 1. The number of carbonyl (C=O) groups excluding carboxylic acids is 2. The normalized spacial score (nSPS) is 13.6. The molecule has 0 fully saturated rings. The van der Waals surface area contributed by atoms with Gasteiger partial charge in [0.2, 0.25) is 0 Å². The van der Waals surface area contributed by atoms with Gasteiger partial charge in [-0.3, -0.25) is 23.3 Å². The first-order valence-corrected chi connectivity index (χ1v) is 22.2. The molecule has 1 amide bonds. The number of pyridine rings is 1. The molecule has 0 spiro atoms. The maximum absolute atomic E-state index is 13.3. The molecule has 0 unspecified atom stereocenters. The Morgan fingerprint density at radius 2 is 1.33 bits per heavy atom. The van der Waals surface area contributed by atoms with E-state index < -0.39 is 21.5 Å². The highest BCUT2D eigenvalue weighted by Gasteiger charge is 2.49. The molecule has 324 valence electrons. The molecule has 0 atom stereocenters. The maximum Gasteiger partial charge on any atom is 0.309 e. The highest BCUT2D eigenvalue weighted by Crippen LogP contribution is 2.39. The molecule has 13 nitrogen and oxygen atoms in total. The van der Waals surface area contributed by atoms with Crippen molar-refractivity contribution in [2.45, 2.75) is 71.9 Å². The summed E-state index contributed by atoms with van der Waals surface area (Å²) in [5.74, 6) is 0.525. The van der Waals surface area contributed by atoms with Crippen molar-refractivity contribution >= 4 is 44.0 Å². The van der Waals surface area contributed by atoms with Crippen LogP contribution in [0.3, 0.4) is 0 Å². The number of ether oxygens (including phenoxy) is 3. The molecule has 3 heterocycles. The van der Waals surface area contributed by atoms with Gasteiger partial charge < -0.3 is 24.8 Å². The smallest absolute Gasteiger partial charge is 0.309 e. The topological polar surface area (TPSA) is 158 Å². The first-order valence-electron chi connectivity index (χ1n) is 20.0. The van der Waals surface area contributed by atoms with Crippen molar-refractivity contribution < 1.29 is 32.2 Å².